The topological polar surface area (TPSA) is 61.9 Å². The van der Waals surface area contributed by atoms with Crippen LogP contribution in [0.5, 0.6) is 0 Å². The number of aromatic nitrogens is 2. The van der Waals surface area contributed by atoms with Crippen LogP contribution in [0.2, 0.25) is 0 Å². The summed E-state index contributed by atoms with van der Waals surface area (Å²) in [5, 5.41) is 13.1. The Balaban J connectivity index is 2.15. The zero-order valence-electron chi connectivity index (χ0n) is 11.8. The van der Waals surface area contributed by atoms with Crippen molar-refractivity contribution in [3.05, 3.63) is 52.8 Å². The van der Waals surface area contributed by atoms with Crippen molar-refractivity contribution in [2.45, 2.75) is 13.5 Å². The molecule has 1 aromatic heterocycles. The van der Waals surface area contributed by atoms with E-state index < -0.39 is 0 Å². The van der Waals surface area contributed by atoms with E-state index >= 15 is 0 Å². The fourth-order valence-corrected chi connectivity index (χ4v) is 2.09. The van der Waals surface area contributed by atoms with Gasteiger partial charge in [0.15, 0.2) is 0 Å². The van der Waals surface area contributed by atoms with Gasteiger partial charge < -0.3 is 4.90 Å². The summed E-state index contributed by atoms with van der Waals surface area (Å²) in [6.45, 7) is 2.31. The fourth-order valence-electron chi connectivity index (χ4n) is 2.09. The first kappa shape index (κ1) is 13.8. The van der Waals surface area contributed by atoms with Crippen LogP contribution in [0.4, 0.5) is 0 Å². The third-order valence-electron chi connectivity index (χ3n) is 3.04. The Labute approximate surface area is 118 Å². The maximum absolute atomic E-state index is 12.3. The van der Waals surface area contributed by atoms with E-state index in [1.807, 2.05) is 19.1 Å². The Morgan fingerprint density at radius 1 is 1.45 bits per heavy atom. The number of benzene rings is 1. The zero-order valence-corrected chi connectivity index (χ0v) is 11.8. The molecule has 5 heteroatoms. The number of amides is 1. The van der Waals surface area contributed by atoms with Gasteiger partial charge in [-0.05, 0) is 30.7 Å². The standard InChI is InChI=1S/C15H16N4O/c1-11-7-14(19(3)17-11)15(20)18(2)10-13-6-4-5-12(8-13)9-16/h4-8H,10H2,1-3H3. The molecule has 0 fully saturated rings. The summed E-state index contributed by atoms with van der Waals surface area (Å²) in [7, 11) is 3.49. The van der Waals surface area contributed by atoms with Crippen molar-refractivity contribution in [2.75, 3.05) is 7.05 Å². The molecule has 0 saturated carbocycles. The summed E-state index contributed by atoms with van der Waals surface area (Å²) in [6.07, 6.45) is 0. The smallest absolute Gasteiger partial charge is 0.272 e. The van der Waals surface area contributed by atoms with Crippen LogP contribution in [-0.4, -0.2) is 27.6 Å². The predicted octanol–water partition coefficient (Wildman–Crippen LogP) is 1.87. The summed E-state index contributed by atoms with van der Waals surface area (Å²) in [6, 6.07) is 11.1. The molecule has 0 unspecified atom stereocenters. The van der Waals surface area contributed by atoms with E-state index in [2.05, 4.69) is 11.2 Å². The Bertz CT molecular complexity index is 681. The van der Waals surface area contributed by atoms with Crippen molar-refractivity contribution in [2.24, 2.45) is 7.05 Å². The van der Waals surface area contributed by atoms with Gasteiger partial charge in [-0.1, -0.05) is 12.1 Å². The van der Waals surface area contributed by atoms with Gasteiger partial charge >= 0.3 is 0 Å². The highest BCUT2D eigenvalue weighted by atomic mass is 16.2. The van der Waals surface area contributed by atoms with Crippen LogP contribution in [0.15, 0.2) is 30.3 Å². The monoisotopic (exact) mass is 268 g/mol. The number of hydrogen-bond donors (Lipinski definition) is 0. The van der Waals surface area contributed by atoms with Crippen LogP contribution >= 0.6 is 0 Å². The molecule has 0 bridgehead atoms. The molecule has 102 valence electrons. The summed E-state index contributed by atoms with van der Waals surface area (Å²) in [5.74, 6) is -0.0875. The molecule has 0 aliphatic rings. The van der Waals surface area contributed by atoms with Crippen molar-refractivity contribution in [3.8, 4) is 6.07 Å². The lowest BCUT2D eigenvalue weighted by atomic mass is 10.1. The number of nitrogens with zero attached hydrogens (tertiary/aromatic N) is 4. The number of carbonyl (C=O) groups is 1. The molecular formula is C15H16N4O. The summed E-state index contributed by atoms with van der Waals surface area (Å²) in [5.41, 5.74) is 2.90. The SMILES string of the molecule is Cc1cc(C(=O)N(C)Cc2cccc(C#N)c2)n(C)n1. The molecule has 0 atom stereocenters. The van der Waals surface area contributed by atoms with Crippen LogP contribution in [0, 0.1) is 18.3 Å². The van der Waals surface area contributed by atoms with Gasteiger partial charge in [0.2, 0.25) is 0 Å². The van der Waals surface area contributed by atoms with Gasteiger partial charge in [0, 0.05) is 20.6 Å². The lowest BCUT2D eigenvalue weighted by molar-refractivity contribution is 0.0774. The lowest BCUT2D eigenvalue weighted by Crippen LogP contribution is -2.28. The molecule has 0 aliphatic carbocycles. The second-order valence-corrected chi connectivity index (χ2v) is 4.77. The minimum absolute atomic E-state index is 0.0875. The average molecular weight is 268 g/mol. The highest BCUT2D eigenvalue weighted by Crippen LogP contribution is 2.10. The van der Waals surface area contributed by atoms with Crippen LogP contribution in [0.1, 0.15) is 27.3 Å². The van der Waals surface area contributed by atoms with Gasteiger partial charge in [0.1, 0.15) is 5.69 Å². The average Bonchev–Trinajstić information content (AvgIpc) is 2.77. The first-order chi connectivity index (χ1) is 9.51. The summed E-state index contributed by atoms with van der Waals surface area (Å²) >= 11 is 0. The third-order valence-corrected chi connectivity index (χ3v) is 3.04. The van der Waals surface area contributed by atoms with E-state index in [4.69, 9.17) is 5.26 Å². The first-order valence-corrected chi connectivity index (χ1v) is 6.26. The Morgan fingerprint density at radius 3 is 2.80 bits per heavy atom. The van der Waals surface area contributed by atoms with Gasteiger partial charge in [-0.2, -0.15) is 10.4 Å². The molecule has 2 rings (SSSR count). The van der Waals surface area contributed by atoms with E-state index in [-0.39, 0.29) is 5.91 Å². The van der Waals surface area contributed by atoms with Crippen LogP contribution in [-0.2, 0) is 13.6 Å². The number of nitriles is 1. The Morgan fingerprint density at radius 2 is 2.20 bits per heavy atom. The molecule has 0 spiro atoms. The first-order valence-electron chi connectivity index (χ1n) is 6.26. The van der Waals surface area contributed by atoms with E-state index in [0.29, 0.717) is 17.8 Å². The van der Waals surface area contributed by atoms with E-state index in [1.165, 1.54) is 0 Å². The van der Waals surface area contributed by atoms with Gasteiger partial charge in [0.25, 0.3) is 5.91 Å². The van der Waals surface area contributed by atoms with Crippen molar-refractivity contribution in [1.82, 2.24) is 14.7 Å². The van der Waals surface area contributed by atoms with Crippen molar-refractivity contribution in [3.63, 3.8) is 0 Å². The predicted molar refractivity (Wildman–Crippen MR) is 74.9 cm³/mol. The van der Waals surface area contributed by atoms with E-state index in [0.717, 1.165) is 11.3 Å². The molecular weight excluding hydrogens is 252 g/mol. The molecule has 0 radical (unpaired) electrons. The normalized spacial score (nSPS) is 10.1. The molecule has 1 amide bonds. The third kappa shape index (κ3) is 2.86. The molecule has 0 N–H and O–H groups in total. The second kappa shape index (κ2) is 5.57. The minimum atomic E-state index is -0.0875. The van der Waals surface area contributed by atoms with Gasteiger partial charge in [0.05, 0.1) is 17.3 Å². The number of rotatable bonds is 3. The van der Waals surface area contributed by atoms with Crippen molar-refractivity contribution < 1.29 is 4.79 Å². The second-order valence-electron chi connectivity index (χ2n) is 4.77. The molecule has 1 heterocycles. The molecule has 0 aliphatic heterocycles. The van der Waals surface area contributed by atoms with Crippen LogP contribution in [0.25, 0.3) is 0 Å². The minimum Gasteiger partial charge on any atom is -0.336 e. The van der Waals surface area contributed by atoms with Crippen molar-refractivity contribution >= 4 is 5.91 Å². The van der Waals surface area contributed by atoms with Gasteiger partial charge in [-0.3, -0.25) is 9.48 Å². The van der Waals surface area contributed by atoms with Crippen LogP contribution < -0.4 is 0 Å². The Hall–Kier alpha value is -2.61. The van der Waals surface area contributed by atoms with Gasteiger partial charge in [-0.25, -0.2) is 0 Å². The largest absolute Gasteiger partial charge is 0.336 e. The maximum atomic E-state index is 12.3. The fraction of sp³-hybridized carbons (Fsp3) is 0.267. The Kier molecular flexibility index (Phi) is 3.85. The molecule has 20 heavy (non-hydrogen) atoms. The summed E-state index contributed by atoms with van der Waals surface area (Å²) in [4.78, 5) is 14.0. The van der Waals surface area contributed by atoms with Crippen LogP contribution in [0.3, 0.4) is 0 Å². The number of aryl methyl sites for hydroxylation is 2. The number of carbonyl (C=O) groups excluding carboxylic acids is 1. The highest BCUT2D eigenvalue weighted by molar-refractivity contribution is 5.92. The highest BCUT2D eigenvalue weighted by Gasteiger charge is 2.16. The van der Waals surface area contributed by atoms with E-state index in [1.54, 1.807) is 41.9 Å². The summed E-state index contributed by atoms with van der Waals surface area (Å²) < 4.78 is 1.58. The molecule has 5 nitrogen and oxygen atoms in total. The van der Waals surface area contributed by atoms with Gasteiger partial charge in [-0.15, -0.1) is 0 Å². The molecule has 1 aromatic carbocycles. The maximum Gasteiger partial charge on any atom is 0.272 e. The number of hydrogen-bond acceptors (Lipinski definition) is 3. The quantitative estimate of drug-likeness (QED) is 0.853. The lowest BCUT2D eigenvalue weighted by Gasteiger charge is -2.17. The van der Waals surface area contributed by atoms with Crippen molar-refractivity contribution in [1.29, 1.82) is 5.26 Å². The van der Waals surface area contributed by atoms with E-state index in [9.17, 15) is 4.79 Å². The zero-order chi connectivity index (χ0) is 14.7. The molecule has 2 aromatic rings. The molecule has 0 saturated heterocycles.